The molecule has 0 bridgehead atoms. The molecule has 0 spiro atoms. The zero-order valence-corrected chi connectivity index (χ0v) is 14.4. The maximum atomic E-state index is 12.1. The van der Waals surface area contributed by atoms with Crippen LogP contribution in [-0.2, 0) is 9.47 Å². The minimum absolute atomic E-state index is 0.0325. The van der Waals surface area contributed by atoms with Crippen molar-refractivity contribution in [2.75, 3.05) is 33.0 Å². The van der Waals surface area contributed by atoms with Gasteiger partial charge in [0.15, 0.2) is 0 Å². The average Bonchev–Trinajstić information content (AvgIpc) is 2.99. The Morgan fingerprint density at radius 2 is 2.30 bits per heavy atom. The normalized spacial score (nSPS) is 18.4. The van der Waals surface area contributed by atoms with Gasteiger partial charge in [-0.25, -0.2) is 9.78 Å². The van der Waals surface area contributed by atoms with Gasteiger partial charge in [-0.05, 0) is 13.8 Å². The molecule has 0 saturated carbocycles. The molecule has 23 heavy (non-hydrogen) atoms. The predicted molar refractivity (Wildman–Crippen MR) is 87.6 cm³/mol. The monoisotopic (exact) mass is 343 g/mol. The molecule has 1 aliphatic rings. The number of aryl methyl sites for hydroxylation is 1. The number of nitrogens with one attached hydrogen (secondary N) is 2. The number of thiazole rings is 1. The van der Waals surface area contributed by atoms with Crippen LogP contribution in [0.25, 0.3) is 0 Å². The number of nitrogens with zero attached hydrogens (tertiary/aromatic N) is 1. The van der Waals surface area contributed by atoms with Crippen LogP contribution in [0.1, 0.15) is 35.7 Å². The van der Waals surface area contributed by atoms with Gasteiger partial charge in [-0.3, -0.25) is 0 Å². The van der Waals surface area contributed by atoms with Gasteiger partial charge in [0, 0.05) is 43.7 Å². The van der Waals surface area contributed by atoms with E-state index in [2.05, 4.69) is 15.6 Å². The molecule has 1 unspecified atom stereocenters. The lowest BCUT2D eigenvalue weighted by atomic mass is 9.94. The molecule has 0 aliphatic carbocycles. The number of urea groups is 1. The number of hydrogen-bond donors (Lipinski definition) is 3. The van der Waals surface area contributed by atoms with Gasteiger partial charge in [-0.2, -0.15) is 0 Å². The summed E-state index contributed by atoms with van der Waals surface area (Å²) in [6, 6.07) is -0.387. The van der Waals surface area contributed by atoms with Crippen LogP contribution >= 0.6 is 11.3 Å². The molecule has 0 aromatic carbocycles. The summed E-state index contributed by atoms with van der Waals surface area (Å²) in [7, 11) is 0. The highest BCUT2D eigenvalue weighted by Crippen LogP contribution is 2.24. The van der Waals surface area contributed by atoms with Crippen molar-refractivity contribution in [3.63, 3.8) is 0 Å². The minimum Gasteiger partial charge on any atom is -0.394 e. The van der Waals surface area contributed by atoms with Crippen molar-refractivity contribution < 1.29 is 19.4 Å². The van der Waals surface area contributed by atoms with Gasteiger partial charge >= 0.3 is 6.03 Å². The van der Waals surface area contributed by atoms with Crippen molar-refractivity contribution in [2.24, 2.45) is 0 Å². The second-order valence-electron chi connectivity index (χ2n) is 5.73. The van der Waals surface area contributed by atoms with E-state index < -0.39 is 5.60 Å². The fraction of sp³-hybridized carbons (Fsp3) is 0.733. The average molecular weight is 343 g/mol. The zero-order chi connectivity index (χ0) is 16.7. The Hall–Kier alpha value is -1.22. The van der Waals surface area contributed by atoms with Gasteiger partial charge in [-0.1, -0.05) is 0 Å². The van der Waals surface area contributed by atoms with E-state index >= 15 is 0 Å². The summed E-state index contributed by atoms with van der Waals surface area (Å²) in [5.41, 5.74) is -0.459. The molecule has 1 aliphatic heterocycles. The lowest BCUT2D eigenvalue weighted by molar-refractivity contribution is -0.114. The number of carbonyl (C=O) groups is 1. The number of rotatable bonds is 7. The largest absolute Gasteiger partial charge is 0.394 e. The van der Waals surface area contributed by atoms with Gasteiger partial charge in [0.25, 0.3) is 0 Å². The quantitative estimate of drug-likeness (QED) is 0.695. The summed E-state index contributed by atoms with van der Waals surface area (Å²) in [6.07, 6.45) is 3.21. The summed E-state index contributed by atoms with van der Waals surface area (Å²) in [6.45, 7) is 5.72. The molecule has 1 atom stereocenters. The summed E-state index contributed by atoms with van der Waals surface area (Å²) < 4.78 is 11.1. The summed E-state index contributed by atoms with van der Waals surface area (Å²) in [5, 5.41) is 15.6. The predicted octanol–water partition coefficient (Wildman–Crippen LogP) is 1.37. The molecule has 1 aromatic rings. The van der Waals surface area contributed by atoms with Gasteiger partial charge in [-0.15, -0.1) is 11.3 Å². The molecular weight excluding hydrogens is 318 g/mol. The van der Waals surface area contributed by atoms with Crippen LogP contribution in [0.3, 0.4) is 0 Å². The molecular formula is C15H25N3O4S. The number of hydrogen-bond acceptors (Lipinski definition) is 6. The van der Waals surface area contributed by atoms with E-state index in [1.807, 2.05) is 13.8 Å². The van der Waals surface area contributed by atoms with Crippen LogP contribution in [0, 0.1) is 6.92 Å². The molecule has 130 valence electrons. The van der Waals surface area contributed by atoms with Crippen LogP contribution in [0.4, 0.5) is 4.79 Å². The van der Waals surface area contributed by atoms with Gasteiger partial charge in [0.2, 0.25) is 0 Å². The third-order valence-electron chi connectivity index (χ3n) is 3.83. The number of ether oxygens (including phenoxy) is 2. The van der Waals surface area contributed by atoms with Gasteiger partial charge in [0.1, 0.15) is 5.01 Å². The molecule has 2 heterocycles. The van der Waals surface area contributed by atoms with Gasteiger partial charge in [0.05, 0.1) is 24.9 Å². The Labute approximate surface area is 140 Å². The third-order valence-corrected chi connectivity index (χ3v) is 4.93. The summed E-state index contributed by atoms with van der Waals surface area (Å²) in [5.74, 6) is 0. The van der Waals surface area contributed by atoms with E-state index in [0.29, 0.717) is 32.6 Å². The smallest absolute Gasteiger partial charge is 0.315 e. The lowest BCUT2D eigenvalue weighted by Gasteiger charge is -2.37. The van der Waals surface area contributed by atoms with Crippen molar-refractivity contribution in [1.82, 2.24) is 15.6 Å². The summed E-state index contributed by atoms with van der Waals surface area (Å²) in [4.78, 5) is 17.5. The maximum Gasteiger partial charge on any atom is 0.315 e. The molecule has 1 aromatic heterocycles. The second-order valence-corrected chi connectivity index (χ2v) is 6.99. The maximum absolute atomic E-state index is 12.1. The van der Waals surface area contributed by atoms with E-state index in [1.54, 1.807) is 17.5 Å². The first-order valence-electron chi connectivity index (χ1n) is 7.84. The fourth-order valence-electron chi connectivity index (χ4n) is 2.50. The van der Waals surface area contributed by atoms with E-state index in [9.17, 15) is 4.79 Å². The first kappa shape index (κ1) is 18.1. The molecule has 7 nitrogen and oxygen atoms in total. The Morgan fingerprint density at radius 3 is 2.91 bits per heavy atom. The number of aliphatic hydroxyl groups is 1. The number of aromatic nitrogens is 1. The molecule has 2 amide bonds. The Bertz CT molecular complexity index is 503. The van der Waals surface area contributed by atoms with Crippen LogP contribution in [0.15, 0.2) is 6.20 Å². The molecule has 1 saturated heterocycles. The van der Waals surface area contributed by atoms with Crippen LogP contribution in [0.2, 0.25) is 0 Å². The molecule has 1 fully saturated rings. The Morgan fingerprint density at radius 1 is 1.57 bits per heavy atom. The number of amides is 2. The molecule has 3 N–H and O–H groups in total. The van der Waals surface area contributed by atoms with Crippen molar-refractivity contribution in [2.45, 2.75) is 38.3 Å². The highest BCUT2D eigenvalue weighted by atomic mass is 32.1. The van der Waals surface area contributed by atoms with Crippen LogP contribution < -0.4 is 10.6 Å². The molecule has 0 radical (unpaired) electrons. The van der Waals surface area contributed by atoms with Crippen LogP contribution in [0.5, 0.6) is 0 Å². The van der Waals surface area contributed by atoms with Crippen molar-refractivity contribution in [3.8, 4) is 0 Å². The highest BCUT2D eigenvalue weighted by Gasteiger charge is 2.34. The Kier molecular flexibility index (Phi) is 6.76. The second kappa shape index (κ2) is 8.58. The van der Waals surface area contributed by atoms with E-state index in [1.165, 1.54) is 0 Å². The SMILES string of the molecule is Cc1cnc(C(C)NC(=O)NCC2(OCCO)CCOCC2)s1. The minimum atomic E-state index is -0.459. The number of aliphatic hydroxyl groups excluding tert-OH is 1. The molecule has 8 heteroatoms. The summed E-state index contributed by atoms with van der Waals surface area (Å²) >= 11 is 1.57. The number of carbonyl (C=O) groups excluding carboxylic acids is 1. The first-order valence-corrected chi connectivity index (χ1v) is 8.65. The fourth-order valence-corrected chi connectivity index (χ4v) is 3.28. The standard InChI is InChI=1S/C15H25N3O4S/c1-11-9-16-13(23-11)12(2)18-14(20)17-10-15(22-8-5-19)3-6-21-7-4-15/h9,12,19H,3-8,10H2,1-2H3,(H2,17,18,20). The van der Waals surface area contributed by atoms with Crippen molar-refractivity contribution in [1.29, 1.82) is 0 Å². The topological polar surface area (TPSA) is 92.7 Å². The molecule has 2 rings (SSSR count). The van der Waals surface area contributed by atoms with E-state index in [-0.39, 0.29) is 25.3 Å². The van der Waals surface area contributed by atoms with Crippen molar-refractivity contribution in [3.05, 3.63) is 16.1 Å². The van der Waals surface area contributed by atoms with Crippen molar-refractivity contribution >= 4 is 17.4 Å². The lowest BCUT2D eigenvalue weighted by Crippen LogP contribution is -2.51. The van der Waals surface area contributed by atoms with E-state index in [0.717, 1.165) is 9.88 Å². The van der Waals surface area contributed by atoms with Crippen LogP contribution in [-0.4, -0.2) is 54.7 Å². The van der Waals surface area contributed by atoms with E-state index in [4.69, 9.17) is 14.6 Å². The highest BCUT2D eigenvalue weighted by molar-refractivity contribution is 7.11. The third kappa shape index (κ3) is 5.42. The van der Waals surface area contributed by atoms with Gasteiger partial charge < -0.3 is 25.2 Å². The first-order chi connectivity index (χ1) is 11.0. The Balaban J connectivity index is 1.83. The zero-order valence-electron chi connectivity index (χ0n) is 13.6.